The zero-order chi connectivity index (χ0) is 13.6. The lowest BCUT2D eigenvalue weighted by molar-refractivity contribution is 0.623. The predicted octanol–water partition coefficient (Wildman–Crippen LogP) is 3.24. The number of aromatic nitrogens is 4. The van der Waals surface area contributed by atoms with Crippen LogP contribution in [0.25, 0.3) is 22.6 Å². The molecule has 0 spiro atoms. The van der Waals surface area contributed by atoms with Crippen molar-refractivity contribution in [3.63, 3.8) is 0 Å². The van der Waals surface area contributed by atoms with Gasteiger partial charge in [0.05, 0.1) is 11.0 Å². The summed E-state index contributed by atoms with van der Waals surface area (Å²) in [5, 5.41) is 7.55. The van der Waals surface area contributed by atoms with Crippen molar-refractivity contribution < 1.29 is 0 Å². The second-order valence-electron chi connectivity index (χ2n) is 4.74. The van der Waals surface area contributed by atoms with E-state index in [-0.39, 0.29) is 6.04 Å². The van der Waals surface area contributed by atoms with Crippen LogP contribution in [0, 0.1) is 0 Å². The van der Waals surface area contributed by atoms with Gasteiger partial charge in [0.1, 0.15) is 11.5 Å². The molecule has 0 saturated heterocycles. The van der Waals surface area contributed by atoms with Crippen LogP contribution in [0.3, 0.4) is 0 Å². The number of fused-ring (bicyclic) bond motifs is 1. The average Bonchev–Trinajstić information content (AvgIpc) is 2.91. The maximum Gasteiger partial charge on any atom is 0.159 e. The number of aromatic amines is 1. The third-order valence-electron chi connectivity index (χ3n) is 3.01. The summed E-state index contributed by atoms with van der Waals surface area (Å²) in [6.07, 6.45) is 0. The molecule has 5 nitrogen and oxygen atoms in total. The Morgan fingerprint density at radius 2 is 2.11 bits per heavy atom. The molecule has 0 aliphatic heterocycles. The Morgan fingerprint density at radius 1 is 1.32 bits per heavy atom. The van der Waals surface area contributed by atoms with Crippen LogP contribution in [-0.4, -0.2) is 19.7 Å². The zero-order valence-electron chi connectivity index (χ0n) is 10.7. The highest BCUT2D eigenvalue weighted by Gasteiger charge is 2.16. The lowest BCUT2D eigenvalue weighted by atomic mass is 10.3. The van der Waals surface area contributed by atoms with E-state index in [1.807, 2.05) is 18.2 Å². The monoisotopic (exact) mass is 275 g/mol. The smallest absolute Gasteiger partial charge is 0.159 e. The largest absolute Gasteiger partial charge is 0.382 e. The fourth-order valence-electron chi connectivity index (χ4n) is 2.23. The first kappa shape index (κ1) is 12.0. The molecule has 0 aliphatic carbocycles. The molecule has 2 aromatic heterocycles. The van der Waals surface area contributed by atoms with Crippen LogP contribution in [0.15, 0.2) is 24.3 Å². The van der Waals surface area contributed by atoms with E-state index in [0.717, 1.165) is 22.6 Å². The molecule has 19 heavy (non-hydrogen) atoms. The maximum atomic E-state index is 6.07. The standard InChI is InChI=1S/C13H14ClN5/c1-7(2)19-11-5-8(14)3-4-9(11)16-13(19)10-6-12(15)18-17-10/h3-7H,1-2H3,(H3,15,17,18). The SMILES string of the molecule is CC(C)n1c(-c2cc(N)n[nH]2)nc2ccc(Cl)cc21. The number of rotatable bonds is 2. The number of halogens is 1. The number of imidazole rings is 1. The molecule has 6 heteroatoms. The van der Waals surface area contributed by atoms with E-state index < -0.39 is 0 Å². The Balaban J connectivity index is 2.32. The molecular weight excluding hydrogens is 262 g/mol. The van der Waals surface area contributed by atoms with Gasteiger partial charge in [0, 0.05) is 17.1 Å². The topological polar surface area (TPSA) is 72.5 Å². The van der Waals surface area contributed by atoms with Crippen molar-refractivity contribution in [2.24, 2.45) is 0 Å². The normalized spacial score (nSPS) is 11.6. The van der Waals surface area contributed by atoms with Crippen molar-refractivity contribution in [3.8, 4) is 11.5 Å². The maximum absolute atomic E-state index is 6.07. The minimum atomic E-state index is 0.253. The molecule has 0 radical (unpaired) electrons. The molecule has 3 aromatic rings. The molecule has 1 aromatic carbocycles. The summed E-state index contributed by atoms with van der Waals surface area (Å²) in [7, 11) is 0. The van der Waals surface area contributed by atoms with Gasteiger partial charge in [-0.25, -0.2) is 4.98 Å². The van der Waals surface area contributed by atoms with Gasteiger partial charge in [0.25, 0.3) is 0 Å². The first-order valence-corrected chi connectivity index (χ1v) is 6.43. The number of nitrogens with zero attached hydrogens (tertiary/aromatic N) is 3. The second-order valence-corrected chi connectivity index (χ2v) is 5.18. The number of hydrogen-bond acceptors (Lipinski definition) is 3. The van der Waals surface area contributed by atoms with Crippen LogP contribution in [0.5, 0.6) is 0 Å². The van der Waals surface area contributed by atoms with Gasteiger partial charge in [-0.1, -0.05) is 11.6 Å². The van der Waals surface area contributed by atoms with Crippen LogP contribution >= 0.6 is 11.6 Å². The van der Waals surface area contributed by atoms with E-state index in [1.54, 1.807) is 6.07 Å². The molecule has 0 fully saturated rings. The fraction of sp³-hybridized carbons (Fsp3) is 0.231. The van der Waals surface area contributed by atoms with E-state index in [2.05, 4.69) is 33.6 Å². The highest BCUT2D eigenvalue weighted by Crippen LogP contribution is 2.29. The molecular formula is C13H14ClN5. The minimum absolute atomic E-state index is 0.253. The van der Waals surface area contributed by atoms with Crippen molar-refractivity contribution in [3.05, 3.63) is 29.3 Å². The number of nitrogens with one attached hydrogen (secondary N) is 1. The average molecular weight is 276 g/mol. The molecule has 0 bridgehead atoms. The summed E-state index contributed by atoms with van der Waals surface area (Å²) in [6, 6.07) is 7.71. The number of anilines is 1. The highest BCUT2D eigenvalue weighted by atomic mass is 35.5. The van der Waals surface area contributed by atoms with E-state index in [1.165, 1.54) is 0 Å². The Labute approximate surface area is 115 Å². The van der Waals surface area contributed by atoms with Crippen molar-refractivity contribution in [2.75, 3.05) is 5.73 Å². The Bertz CT molecular complexity index is 741. The Hall–Kier alpha value is -2.01. The summed E-state index contributed by atoms with van der Waals surface area (Å²) in [5.74, 6) is 1.27. The summed E-state index contributed by atoms with van der Waals surface area (Å²) < 4.78 is 2.12. The zero-order valence-corrected chi connectivity index (χ0v) is 11.4. The van der Waals surface area contributed by atoms with Gasteiger partial charge < -0.3 is 10.3 Å². The number of nitrogens with two attached hydrogens (primary N) is 1. The third-order valence-corrected chi connectivity index (χ3v) is 3.24. The van der Waals surface area contributed by atoms with Gasteiger partial charge >= 0.3 is 0 Å². The fourth-order valence-corrected chi connectivity index (χ4v) is 2.40. The molecule has 2 heterocycles. The van der Waals surface area contributed by atoms with Gasteiger partial charge in [-0.05, 0) is 32.0 Å². The van der Waals surface area contributed by atoms with Gasteiger partial charge in [-0.2, -0.15) is 5.10 Å². The van der Waals surface area contributed by atoms with Gasteiger partial charge in [-0.15, -0.1) is 0 Å². The van der Waals surface area contributed by atoms with E-state index >= 15 is 0 Å². The molecule has 0 unspecified atom stereocenters. The number of benzene rings is 1. The van der Waals surface area contributed by atoms with Gasteiger partial charge in [0.15, 0.2) is 5.82 Å². The molecule has 98 valence electrons. The van der Waals surface area contributed by atoms with Crippen molar-refractivity contribution in [1.82, 2.24) is 19.7 Å². The van der Waals surface area contributed by atoms with Crippen LogP contribution in [0.2, 0.25) is 5.02 Å². The van der Waals surface area contributed by atoms with E-state index in [4.69, 9.17) is 17.3 Å². The molecule has 3 rings (SSSR count). The van der Waals surface area contributed by atoms with Crippen LogP contribution in [0.4, 0.5) is 5.82 Å². The van der Waals surface area contributed by atoms with E-state index in [0.29, 0.717) is 10.8 Å². The summed E-state index contributed by atoms with van der Waals surface area (Å²) in [4.78, 5) is 4.64. The third kappa shape index (κ3) is 1.96. The minimum Gasteiger partial charge on any atom is -0.382 e. The highest BCUT2D eigenvalue weighted by molar-refractivity contribution is 6.31. The van der Waals surface area contributed by atoms with Crippen LogP contribution < -0.4 is 5.73 Å². The second kappa shape index (κ2) is 4.28. The summed E-state index contributed by atoms with van der Waals surface area (Å²) in [5.41, 5.74) is 8.37. The molecule has 0 amide bonds. The van der Waals surface area contributed by atoms with E-state index in [9.17, 15) is 0 Å². The summed E-state index contributed by atoms with van der Waals surface area (Å²) in [6.45, 7) is 4.20. The number of nitrogen functional groups attached to an aromatic ring is 1. The Morgan fingerprint density at radius 3 is 2.74 bits per heavy atom. The molecule has 3 N–H and O–H groups in total. The van der Waals surface area contributed by atoms with Crippen LogP contribution in [0.1, 0.15) is 19.9 Å². The van der Waals surface area contributed by atoms with Crippen molar-refractivity contribution >= 4 is 28.5 Å². The Kier molecular flexibility index (Phi) is 2.71. The first-order chi connectivity index (χ1) is 9.06. The molecule has 0 aliphatic rings. The number of hydrogen-bond donors (Lipinski definition) is 2. The summed E-state index contributed by atoms with van der Waals surface area (Å²) >= 11 is 6.07. The van der Waals surface area contributed by atoms with Crippen molar-refractivity contribution in [2.45, 2.75) is 19.9 Å². The quantitative estimate of drug-likeness (QED) is 0.754. The lowest BCUT2D eigenvalue weighted by Crippen LogP contribution is -2.03. The number of H-pyrrole nitrogens is 1. The van der Waals surface area contributed by atoms with Gasteiger partial charge in [0.2, 0.25) is 0 Å². The first-order valence-electron chi connectivity index (χ1n) is 6.05. The molecule has 0 atom stereocenters. The molecule has 0 saturated carbocycles. The van der Waals surface area contributed by atoms with Crippen molar-refractivity contribution in [1.29, 1.82) is 0 Å². The lowest BCUT2D eigenvalue weighted by Gasteiger charge is -2.11. The van der Waals surface area contributed by atoms with Gasteiger partial charge in [-0.3, -0.25) is 5.10 Å². The van der Waals surface area contributed by atoms with Crippen LogP contribution in [-0.2, 0) is 0 Å². The predicted molar refractivity (Wildman–Crippen MR) is 77.1 cm³/mol.